The number of methoxy groups -OCH3 is 1. The second-order valence-electron chi connectivity index (χ2n) is 5.76. The normalized spacial score (nSPS) is 15.8. The molecule has 3 rings (SSSR count). The predicted molar refractivity (Wildman–Crippen MR) is 91.8 cm³/mol. The van der Waals surface area contributed by atoms with E-state index in [9.17, 15) is 0 Å². The number of ether oxygens (including phenoxy) is 1. The summed E-state index contributed by atoms with van der Waals surface area (Å²) in [6.45, 7) is 5.63. The summed E-state index contributed by atoms with van der Waals surface area (Å²) in [6, 6.07) is 19.1. The second kappa shape index (κ2) is 7.32. The van der Waals surface area contributed by atoms with E-state index in [1.165, 1.54) is 11.3 Å². The fraction of sp³-hybridized carbons (Fsp3) is 0.368. The molecule has 1 aliphatic heterocycles. The highest BCUT2D eigenvalue weighted by Gasteiger charge is 2.16. The maximum absolute atomic E-state index is 5.22. The molecule has 3 heteroatoms. The number of nitrogens with zero attached hydrogens (tertiary/aromatic N) is 2. The van der Waals surface area contributed by atoms with Gasteiger partial charge in [0, 0.05) is 38.4 Å². The highest BCUT2D eigenvalue weighted by Crippen LogP contribution is 2.20. The molecule has 0 bridgehead atoms. The van der Waals surface area contributed by atoms with Gasteiger partial charge >= 0.3 is 0 Å². The smallest absolute Gasteiger partial charge is 0.119 e. The van der Waals surface area contributed by atoms with Gasteiger partial charge in [-0.2, -0.15) is 0 Å². The number of rotatable bonds is 5. The first-order valence-corrected chi connectivity index (χ1v) is 8.00. The summed E-state index contributed by atoms with van der Waals surface area (Å²) < 4.78 is 5.22. The first-order valence-electron chi connectivity index (χ1n) is 8.00. The van der Waals surface area contributed by atoms with Crippen molar-refractivity contribution in [3.63, 3.8) is 0 Å². The van der Waals surface area contributed by atoms with Crippen LogP contribution in [-0.4, -0.2) is 44.7 Å². The third kappa shape index (κ3) is 3.80. The molecular formula is C19H24N2O. The van der Waals surface area contributed by atoms with Gasteiger partial charge in [-0.15, -0.1) is 0 Å². The summed E-state index contributed by atoms with van der Waals surface area (Å²) in [5.41, 5.74) is 2.73. The van der Waals surface area contributed by atoms with Gasteiger partial charge in [-0.3, -0.25) is 4.90 Å². The van der Waals surface area contributed by atoms with Crippen LogP contribution in [0.4, 0.5) is 5.69 Å². The molecule has 0 aromatic heterocycles. The van der Waals surface area contributed by atoms with Crippen LogP contribution in [0, 0.1) is 0 Å². The quantitative estimate of drug-likeness (QED) is 0.843. The van der Waals surface area contributed by atoms with Gasteiger partial charge in [-0.25, -0.2) is 0 Å². The van der Waals surface area contributed by atoms with Crippen molar-refractivity contribution >= 4 is 5.69 Å². The topological polar surface area (TPSA) is 15.7 Å². The van der Waals surface area contributed by atoms with Gasteiger partial charge in [-0.1, -0.05) is 30.3 Å². The molecule has 0 saturated carbocycles. The highest BCUT2D eigenvalue weighted by atomic mass is 16.5. The van der Waals surface area contributed by atoms with E-state index in [0.29, 0.717) is 0 Å². The van der Waals surface area contributed by atoms with Crippen LogP contribution in [-0.2, 0) is 6.42 Å². The van der Waals surface area contributed by atoms with Crippen LogP contribution in [0.1, 0.15) is 5.56 Å². The van der Waals surface area contributed by atoms with Crippen LogP contribution >= 0.6 is 0 Å². The highest BCUT2D eigenvalue weighted by molar-refractivity contribution is 5.49. The van der Waals surface area contributed by atoms with Gasteiger partial charge in [-0.05, 0) is 36.2 Å². The van der Waals surface area contributed by atoms with Crippen LogP contribution in [0.15, 0.2) is 54.6 Å². The Morgan fingerprint density at radius 3 is 2.18 bits per heavy atom. The van der Waals surface area contributed by atoms with Gasteiger partial charge in [0.15, 0.2) is 0 Å². The van der Waals surface area contributed by atoms with Crippen molar-refractivity contribution < 1.29 is 4.74 Å². The average Bonchev–Trinajstić information content (AvgIpc) is 2.61. The Kier molecular flexibility index (Phi) is 4.96. The van der Waals surface area contributed by atoms with E-state index in [-0.39, 0.29) is 0 Å². The molecule has 0 N–H and O–H groups in total. The first-order chi connectivity index (χ1) is 10.8. The minimum atomic E-state index is 0.922. The zero-order valence-corrected chi connectivity index (χ0v) is 13.2. The summed E-state index contributed by atoms with van der Waals surface area (Å²) in [4.78, 5) is 5.02. The Morgan fingerprint density at radius 1 is 0.864 bits per heavy atom. The minimum absolute atomic E-state index is 0.922. The van der Waals surface area contributed by atoms with Crippen molar-refractivity contribution in [2.24, 2.45) is 0 Å². The predicted octanol–water partition coefficient (Wildman–Crippen LogP) is 3.06. The number of hydrogen-bond acceptors (Lipinski definition) is 3. The van der Waals surface area contributed by atoms with Gasteiger partial charge < -0.3 is 9.64 Å². The van der Waals surface area contributed by atoms with E-state index in [1.807, 2.05) is 12.1 Å². The van der Waals surface area contributed by atoms with Crippen molar-refractivity contribution in [1.29, 1.82) is 0 Å². The molecule has 1 saturated heterocycles. The molecule has 1 fully saturated rings. The lowest BCUT2D eigenvalue weighted by Gasteiger charge is -2.36. The molecule has 2 aromatic rings. The molecular weight excluding hydrogens is 272 g/mol. The molecule has 22 heavy (non-hydrogen) atoms. The lowest BCUT2D eigenvalue weighted by atomic mass is 10.1. The molecule has 3 nitrogen and oxygen atoms in total. The van der Waals surface area contributed by atoms with Crippen LogP contribution in [0.25, 0.3) is 0 Å². The van der Waals surface area contributed by atoms with E-state index in [4.69, 9.17) is 4.74 Å². The number of anilines is 1. The number of hydrogen-bond donors (Lipinski definition) is 0. The maximum Gasteiger partial charge on any atom is 0.119 e. The molecule has 0 amide bonds. The molecule has 0 spiro atoms. The van der Waals surface area contributed by atoms with Crippen LogP contribution in [0.3, 0.4) is 0 Å². The lowest BCUT2D eigenvalue weighted by molar-refractivity contribution is 0.261. The van der Waals surface area contributed by atoms with Crippen molar-refractivity contribution in [2.45, 2.75) is 6.42 Å². The van der Waals surface area contributed by atoms with Crippen molar-refractivity contribution in [1.82, 2.24) is 4.90 Å². The standard InChI is InChI=1S/C19H24N2O/c1-22-19-9-7-18(8-10-19)21-15-13-20(14-16-21)12-11-17-5-3-2-4-6-17/h2-10H,11-16H2,1H3. The number of piperazine rings is 1. The molecule has 0 aliphatic carbocycles. The monoisotopic (exact) mass is 296 g/mol. The molecule has 0 atom stereocenters. The zero-order valence-electron chi connectivity index (χ0n) is 13.2. The van der Waals surface area contributed by atoms with Crippen LogP contribution < -0.4 is 9.64 Å². The Hall–Kier alpha value is -2.00. The largest absolute Gasteiger partial charge is 0.497 e. The number of benzene rings is 2. The van der Waals surface area contributed by atoms with Gasteiger partial charge in [0.05, 0.1) is 7.11 Å². The van der Waals surface area contributed by atoms with Crippen molar-refractivity contribution in [2.75, 3.05) is 44.7 Å². The summed E-state index contributed by atoms with van der Waals surface area (Å²) in [6.07, 6.45) is 1.14. The molecule has 1 heterocycles. The Morgan fingerprint density at radius 2 is 1.55 bits per heavy atom. The fourth-order valence-corrected chi connectivity index (χ4v) is 2.95. The Bertz CT molecular complexity index is 560. The Balaban J connectivity index is 1.47. The summed E-state index contributed by atoms with van der Waals surface area (Å²) in [7, 11) is 1.71. The van der Waals surface area contributed by atoms with Crippen molar-refractivity contribution in [3.05, 3.63) is 60.2 Å². The SMILES string of the molecule is COc1ccc(N2CCN(CCc3ccccc3)CC2)cc1. The third-order valence-electron chi connectivity index (χ3n) is 4.37. The molecule has 116 valence electrons. The van der Waals surface area contributed by atoms with Crippen molar-refractivity contribution in [3.8, 4) is 5.75 Å². The molecule has 2 aromatic carbocycles. The minimum Gasteiger partial charge on any atom is -0.497 e. The lowest BCUT2D eigenvalue weighted by Crippen LogP contribution is -2.46. The van der Waals surface area contributed by atoms with E-state index in [0.717, 1.165) is 44.9 Å². The van der Waals surface area contributed by atoms with Crippen LogP contribution in [0.2, 0.25) is 0 Å². The summed E-state index contributed by atoms with van der Waals surface area (Å²) >= 11 is 0. The zero-order chi connectivity index (χ0) is 15.2. The van der Waals surface area contributed by atoms with Gasteiger partial charge in [0.1, 0.15) is 5.75 Å². The van der Waals surface area contributed by atoms with Gasteiger partial charge in [0.2, 0.25) is 0 Å². The van der Waals surface area contributed by atoms with E-state index in [1.54, 1.807) is 7.11 Å². The second-order valence-corrected chi connectivity index (χ2v) is 5.76. The first kappa shape index (κ1) is 14.9. The van der Waals surface area contributed by atoms with E-state index in [2.05, 4.69) is 52.3 Å². The maximum atomic E-state index is 5.22. The van der Waals surface area contributed by atoms with E-state index < -0.39 is 0 Å². The Labute approximate surface area is 133 Å². The molecule has 0 unspecified atom stereocenters. The van der Waals surface area contributed by atoms with E-state index >= 15 is 0 Å². The molecule has 1 aliphatic rings. The average molecular weight is 296 g/mol. The summed E-state index contributed by atoms with van der Waals surface area (Å²) in [5.74, 6) is 0.922. The van der Waals surface area contributed by atoms with Crippen LogP contribution in [0.5, 0.6) is 5.75 Å². The summed E-state index contributed by atoms with van der Waals surface area (Å²) in [5, 5.41) is 0. The molecule has 0 radical (unpaired) electrons. The fourth-order valence-electron chi connectivity index (χ4n) is 2.95. The third-order valence-corrected chi connectivity index (χ3v) is 4.37. The van der Waals surface area contributed by atoms with Gasteiger partial charge in [0.25, 0.3) is 0 Å².